The monoisotopic (exact) mass is 386 g/mol. The van der Waals surface area contributed by atoms with Gasteiger partial charge in [0.1, 0.15) is 5.75 Å². The number of benzene rings is 1. The average Bonchev–Trinajstić information content (AvgIpc) is 2.77. The molecule has 1 aromatic rings. The van der Waals surface area contributed by atoms with Crippen LogP contribution in [0.2, 0.25) is 0 Å². The molecule has 1 unspecified atom stereocenters. The molecule has 28 heavy (non-hydrogen) atoms. The van der Waals surface area contributed by atoms with Crippen LogP contribution in [0.4, 0.5) is 5.69 Å². The number of hydrogen-bond acceptors (Lipinski definition) is 5. The van der Waals surface area contributed by atoms with E-state index in [9.17, 15) is 0 Å². The summed E-state index contributed by atoms with van der Waals surface area (Å²) in [6.45, 7) is 14.0. The summed E-state index contributed by atoms with van der Waals surface area (Å²) in [5.74, 6) is 1.99. The Bertz CT molecular complexity index is 665. The molecule has 0 spiro atoms. The molecule has 154 valence electrons. The van der Waals surface area contributed by atoms with Gasteiger partial charge in [0.05, 0.1) is 13.7 Å². The standard InChI is InChI=1S/C21H34N6O/c1-3-22-21(23-16-19-17-24-7-9-26(19)10-8-24)27-13-11-25(12-14-27)18-5-4-6-20(15-18)28-2/h4-6,15,19H,3,7-14,16-17H2,1-2H3,(H,22,23). The number of nitrogens with one attached hydrogen (secondary N) is 1. The molecule has 4 aliphatic heterocycles. The van der Waals surface area contributed by atoms with Gasteiger partial charge >= 0.3 is 0 Å². The van der Waals surface area contributed by atoms with Gasteiger partial charge in [-0.3, -0.25) is 14.8 Å². The summed E-state index contributed by atoms with van der Waals surface area (Å²) in [6.07, 6.45) is 0. The van der Waals surface area contributed by atoms with E-state index in [2.05, 4.69) is 50.0 Å². The molecule has 1 aromatic carbocycles. The van der Waals surface area contributed by atoms with Crippen molar-refractivity contribution in [2.75, 3.05) is 84.0 Å². The van der Waals surface area contributed by atoms with Crippen molar-refractivity contribution in [3.05, 3.63) is 24.3 Å². The highest BCUT2D eigenvalue weighted by atomic mass is 16.5. The van der Waals surface area contributed by atoms with Gasteiger partial charge in [0.25, 0.3) is 0 Å². The molecule has 4 saturated heterocycles. The Morgan fingerprint density at radius 3 is 2.54 bits per heavy atom. The topological polar surface area (TPSA) is 46.6 Å². The van der Waals surface area contributed by atoms with E-state index in [1.54, 1.807) is 7.11 Å². The van der Waals surface area contributed by atoms with Gasteiger partial charge in [-0.2, -0.15) is 0 Å². The van der Waals surface area contributed by atoms with Crippen molar-refractivity contribution in [1.29, 1.82) is 0 Å². The molecular formula is C21H34N6O. The van der Waals surface area contributed by atoms with Gasteiger partial charge < -0.3 is 19.9 Å². The predicted octanol–water partition coefficient (Wildman–Crippen LogP) is 0.783. The van der Waals surface area contributed by atoms with Crippen LogP contribution in [0.15, 0.2) is 29.3 Å². The number of nitrogens with zero attached hydrogens (tertiary/aromatic N) is 5. The fraction of sp³-hybridized carbons (Fsp3) is 0.667. The molecule has 1 atom stereocenters. The van der Waals surface area contributed by atoms with E-state index in [0.717, 1.165) is 51.0 Å². The molecule has 0 amide bonds. The largest absolute Gasteiger partial charge is 0.497 e. The molecule has 0 aliphatic carbocycles. The first-order valence-electron chi connectivity index (χ1n) is 10.7. The number of hydrogen-bond donors (Lipinski definition) is 1. The SMILES string of the molecule is CCNC(=NCC1CN2CCN1CC2)N1CCN(c2cccc(OC)c2)CC1. The van der Waals surface area contributed by atoms with Gasteiger partial charge in [-0.05, 0) is 19.1 Å². The van der Waals surface area contributed by atoms with E-state index in [1.807, 2.05) is 6.07 Å². The summed E-state index contributed by atoms with van der Waals surface area (Å²) >= 11 is 0. The van der Waals surface area contributed by atoms with Gasteiger partial charge in [-0.15, -0.1) is 0 Å². The lowest BCUT2D eigenvalue weighted by molar-refractivity contribution is 0.0173. The number of ether oxygens (including phenoxy) is 1. The summed E-state index contributed by atoms with van der Waals surface area (Å²) in [7, 11) is 1.72. The molecule has 7 nitrogen and oxygen atoms in total. The summed E-state index contributed by atoms with van der Waals surface area (Å²) in [5.41, 5.74) is 1.24. The second-order valence-electron chi connectivity index (χ2n) is 7.86. The summed E-state index contributed by atoms with van der Waals surface area (Å²) < 4.78 is 5.37. The van der Waals surface area contributed by atoms with Crippen LogP contribution in [0.5, 0.6) is 5.75 Å². The van der Waals surface area contributed by atoms with Crippen molar-refractivity contribution in [2.45, 2.75) is 13.0 Å². The molecule has 4 fully saturated rings. The number of rotatable bonds is 5. The highest BCUT2D eigenvalue weighted by Gasteiger charge is 2.31. The van der Waals surface area contributed by atoms with Crippen LogP contribution in [0, 0.1) is 0 Å². The molecule has 4 aliphatic rings. The third-order valence-corrected chi connectivity index (χ3v) is 6.18. The molecule has 0 saturated carbocycles. The molecule has 1 N–H and O–H groups in total. The van der Waals surface area contributed by atoms with Gasteiger partial charge in [-0.1, -0.05) is 6.07 Å². The summed E-state index contributed by atoms with van der Waals surface area (Å²) in [6, 6.07) is 8.93. The van der Waals surface area contributed by atoms with Crippen LogP contribution in [-0.2, 0) is 0 Å². The number of piperazine rings is 4. The number of guanidine groups is 1. The molecule has 5 rings (SSSR count). The lowest BCUT2D eigenvalue weighted by atomic mass is 10.1. The first kappa shape index (κ1) is 19.3. The lowest BCUT2D eigenvalue weighted by Gasteiger charge is -2.47. The van der Waals surface area contributed by atoms with Gasteiger partial charge in [0, 0.05) is 83.2 Å². The second-order valence-corrected chi connectivity index (χ2v) is 7.86. The highest BCUT2D eigenvalue weighted by molar-refractivity contribution is 5.80. The Balaban J connectivity index is 1.35. The van der Waals surface area contributed by atoms with Gasteiger partial charge in [-0.25, -0.2) is 0 Å². The highest BCUT2D eigenvalue weighted by Crippen LogP contribution is 2.22. The molecule has 4 heterocycles. The zero-order chi connectivity index (χ0) is 19.3. The smallest absolute Gasteiger partial charge is 0.194 e. The second kappa shape index (κ2) is 9.01. The van der Waals surface area contributed by atoms with Crippen LogP contribution in [0.3, 0.4) is 0 Å². The minimum atomic E-state index is 0.578. The predicted molar refractivity (Wildman–Crippen MR) is 115 cm³/mol. The number of aliphatic imine (C=N–C) groups is 1. The molecule has 0 radical (unpaired) electrons. The van der Waals surface area contributed by atoms with Crippen LogP contribution >= 0.6 is 0 Å². The van der Waals surface area contributed by atoms with Crippen molar-refractivity contribution < 1.29 is 4.74 Å². The van der Waals surface area contributed by atoms with Crippen molar-refractivity contribution in [1.82, 2.24) is 20.0 Å². The van der Waals surface area contributed by atoms with Crippen molar-refractivity contribution in [3.63, 3.8) is 0 Å². The van der Waals surface area contributed by atoms with Crippen LogP contribution in [0.25, 0.3) is 0 Å². The zero-order valence-electron chi connectivity index (χ0n) is 17.3. The Morgan fingerprint density at radius 1 is 1.11 bits per heavy atom. The summed E-state index contributed by atoms with van der Waals surface area (Å²) in [4.78, 5) is 15.1. The Morgan fingerprint density at radius 2 is 1.89 bits per heavy atom. The van der Waals surface area contributed by atoms with E-state index >= 15 is 0 Å². The maximum atomic E-state index is 5.37. The average molecular weight is 387 g/mol. The maximum absolute atomic E-state index is 5.37. The number of fused-ring (bicyclic) bond motifs is 3. The van der Waals surface area contributed by atoms with Crippen molar-refractivity contribution in [2.24, 2.45) is 4.99 Å². The van der Waals surface area contributed by atoms with E-state index < -0.39 is 0 Å². The zero-order valence-corrected chi connectivity index (χ0v) is 17.3. The number of anilines is 1. The maximum Gasteiger partial charge on any atom is 0.194 e. The van der Waals surface area contributed by atoms with Gasteiger partial charge in [0.2, 0.25) is 0 Å². The first-order valence-corrected chi connectivity index (χ1v) is 10.7. The van der Waals surface area contributed by atoms with E-state index in [-0.39, 0.29) is 0 Å². The lowest BCUT2D eigenvalue weighted by Crippen LogP contribution is -2.62. The molecule has 2 bridgehead atoms. The van der Waals surface area contributed by atoms with Gasteiger partial charge in [0.15, 0.2) is 5.96 Å². The van der Waals surface area contributed by atoms with E-state index in [4.69, 9.17) is 9.73 Å². The van der Waals surface area contributed by atoms with Crippen molar-refractivity contribution in [3.8, 4) is 5.75 Å². The fourth-order valence-corrected chi connectivity index (χ4v) is 4.50. The third kappa shape index (κ3) is 4.36. The Kier molecular flexibility index (Phi) is 6.22. The Labute approximate surface area is 168 Å². The fourth-order valence-electron chi connectivity index (χ4n) is 4.50. The van der Waals surface area contributed by atoms with Crippen LogP contribution in [0.1, 0.15) is 6.92 Å². The molecule has 0 aromatic heterocycles. The molecule has 7 heteroatoms. The summed E-state index contributed by atoms with van der Waals surface area (Å²) in [5, 5.41) is 3.51. The third-order valence-electron chi connectivity index (χ3n) is 6.18. The minimum absolute atomic E-state index is 0.578. The molecular weight excluding hydrogens is 352 g/mol. The first-order chi connectivity index (χ1) is 13.8. The normalized spacial score (nSPS) is 27.8. The van der Waals surface area contributed by atoms with Crippen LogP contribution < -0.4 is 15.0 Å². The quantitative estimate of drug-likeness (QED) is 0.596. The van der Waals surface area contributed by atoms with Crippen molar-refractivity contribution >= 4 is 11.6 Å². The van der Waals surface area contributed by atoms with E-state index in [1.165, 1.54) is 38.4 Å². The minimum Gasteiger partial charge on any atom is -0.497 e. The van der Waals surface area contributed by atoms with E-state index in [0.29, 0.717) is 6.04 Å². The number of methoxy groups -OCH3 is 1. The van der Waals surface area contributed by atoms with Crippen LogP contribution in [-0.4, -0.2) is 106 Å². The Hall–Kier alpha value is -1.99.